The van der Waals surface area contributed by atoms with Crippen molar-refractivity contribution in [2.75, 3.05) is 13.7 Å². The van der Waals surface area contributed by atoms with Gasteiger partial charge in [0.25, 0.3) is 0 Å². The summed E-state index contributed by atoms with van der Waals surface area (Å²) in [5.41, 5.74) is 1.99. The van der Waals surface area contributed by atoms with Crippen molar-refractivity contribution >= 4 is 29.5 Å². The first-order valence-electron chi connectivity index (χ1n) is 7.13. The first kappa shape index (κ1) is 16.9. The average Bonchev–Trinajstić information content (AvgIpc) is 2.82. The monoisotopic (exact) mass is 336 g/mol. The highest BCUT2D eigenvalue weighted by atomic mass is 32.1. The molecule has 0 aliphatic heterocycles. The minimum absolute atomic E-state index is 0.0238. The van der Waals surface area contributed by atoms with Crippen LogP contribution in [-0.2, 0) is 11.2 Å². The molecule has 0 aliphatic rings. The largest absolute Gasteiger partial charge is 0.396 e. The van der Waals surface area contributed by atoms with Crippen LogP contribution in [-0.4, -0.2) is 34.6 Å². The molecule has 22 heavy (non-hydrogen) atoms. The smallest absolute Gasteiger partial charge is 0.228 e. The lowest BCUT2D eigenvalue weighted by molar-refractivity contribution is -0.131. The van der Waals surface area contributed by atoms with E-state index < -0.39 is 0 Å². The van der Waals surface area contributed by atoms with Crippen LogP contribution in [0, 0.1) is 10.9 Å². The van der Waals surface area contributed by atoms with Gasteiger partial charge in [-0.3, -0.25) is 4.79 Å². The summed E-state index contributed by atoms with van der Waals surface area (Å²) in [6.45, 7) is 1.97. The Kier molecular flexibility index (Phi) is 5.88. The predicted molar refractivity (Wildman–Crippen MR) is 91.6 cm³/mol. The van der Waals surface area contributed by atoms with E-state index in [-0.39, 0.29) is 18.6 Å². The van der Waals surface area contributed by atoms with Crippen molar-refractivity contribution in [3.8, 4) is 0 Å². The Morgan fingerprint density at radius 1 is 1.41 bits per heavy atom. The second-order valence-electron chi connectivity index (χ2n) is 5.18. The van der Waals surface area contributed by atoms with Gasteiger partial charge in [-0.25, -0.2) is 0 Å². The molecule has 2 rings (SSSR count). The minimum atomic E-state index is -0.120. The van der Waals surface area contributed by atoms with Gasteiger partial charge in [0.05, 0.1) is 12.5 Å². The van der Waals surface area contributed by atoms with Crippen molar-refractivity contribution in [3.63, 3.8) is 0 Å². The number of benzene rings is 1. The number of carbonyl (C=O) groups excluding carboxylic acids is 1. The van der Waals surface area contributed by atoms with Crippen molar-refractivity contribution in [2.45, 2.75) is 25.8 Å². The second kappa shape index (κ2) is 7.67. The van der Waals surface area contributed by atoms with Gasteiger partial charge < -0.3 is 15.0 Å². The Labute approximate surface area is 139 Å². The summed E-state index contributed by atoms with van der Waals surface area (Å²) < 4.78 is 0.693. The molecule has 0 bridgehead atoms. The zero-order valence-electron chi connectivity index (χ0n) is 12.7. The maximum absolute atomic E-state index is 12.6. The van der Waals surface area contributed by atoms with Gasteiger partial charge in [0.2, 0.25) is 5.91 Å². The highest BCUT2D eigenvalue weighted by Crippen LogP contribution is 2.24. The van der Waals surface area contributed by atoms with E-state index in [0.717, 1.165) is 16.1 Å². The summed E-state index contributed by atoms with van der Waals surface area (Å²) in [4.78, 5) is 18.3. The summed E-state index contributed by atoms with van der Waals surface area (Å²) >= 11 is 6.56. The highest BCUT2D eigenvalue weighted by molar-refractivity contribution is 7.73. The fourth-order valence-electron chi connectivity index (χ4n) is 2.42. The first-order chi connectivity index (χ1) is 10.5. The number of likely N-dealkylation sites (N-methyl/N-ethyl adjacent to an activating group) is 1. The molecule has 0 fully saturated rings. The SMILES string of the molecule is Cc1[nH]c(=S)sc1CC(=O)N(C)C(CCO)c1ccccc1. The van der Waals surface area contributed by atoms with Gasteiger partial charge in [0, 0.05) is 24.2 Å². The van der Waals surface area contributed by atoms with Crippen molar-refractivity contribution in [2.24, 2.45) is 0 Å². The lowest BCUT2D eigenvalue weighted by atomic mass is 10.0. The van der Waals surface area contributed by atoms with E-state index in [1.54, 1.807) is 11.9 Å². The van der Waals surface area contributed by atoms with E-state index in [4.69, 9.17) is 12.2 Å². The van der Waals surface area contributed by atoms with E-state index in [9.17, 15) is 9.90 Å². The van der Waals surface area contributed by atoms with Gasteiger partial charge in [-0.15, -0.1) is 11.3 Å². The number of hydrogen-bond acceptors (Lipinski definition) is 4. The molecular formula is C16H20N2O2S2. The fraction of sp³-hybridized carbons (Fsp3) is 0.375. The number of aliphatic hydroxyl groups excluding tert-OH is 1. The van der Waals surface area contributed by atoms with Crippen LogP contribution in [0.3, 0.4) is 0 Å². The number of rotatable bonds is 6. The normalized spacial score (nSPS) is 12.1. The van der Waals surface area contributed by atoms with Crippen LogP contribution in [0.15, 0.2) is 30.3 Å². The summed E-state index contributed by atoms with van der Waals surface area (Å²) in [6.07, 6.45) is 0.850. The Morgan fingerprint density at radius 3 is 2.64 bits per heavy atom. The van der Waals surface area contributed by atoms with Gasteiger partial charge in [-0.05, 0) is 31.1 Å². The third-order valence-electron chi connectivity index (χ3n) is 3.68. The van der Waals surface area contributed by atoms with Gasteiger partial charge in [-0.1, -0.05) is 30.3 Å². The number of amides is 1. The van der Waals surface area contributed by atoms with Crippen LogP contribution in [0.5, 0.6) is 0 Å². The van der Waals surface area contributed by atoms with Crippen LogP contribution < -0.4 is 0 Å². The lowest BCUT2D eigenvalue weighted by Gasteiger charge is -2.28. The molecule has 0 saturated heterocycles. The zero-order valence-corrected chi connectivity index (χ0v) is 14.3. The van der Waals surface area contributed by atoms with Gasteiger partial charge >= 0.3 is 0 Å². The predicted octanol–water partition coefficient (Wildman–Crippen LogP) is 3.24. The topological polar surface area (TPSA) is 56.3 Å². The third-order valence-corrected chi connectivity index (χ3v) is 5.02. The van der Waals surface area contributed by atoms with Crippen LogP contribution in [0.25, 0.3) is 0 Å². The molecule has 118 valence electrons. The number of carbonyl (C=O) groups is 1. The van der Waals surface area contributed by atoms with E-state index >= 15 is 0 Å². The number of aryl methyl sites for hydroxylation is 1. The van der Waals surface area contributed by atoms with Crippen molar-refractivity contribution in [1.29, 1.82) is 0 Å². The molecule has 0 saturated carbocycles. The number of nitrogens with one attached hydrogen (secondary N) is 1. The summed E-state index contributed by atoms with van der Waals surface area (Å²) in [7, 11) is 1.79. The zero-order chi connectivity index (χ0) is 16.1. The quantitative estimate of drug-likeness (QED) is 0.796. The molecule has 6 heteroatoms. The molecule has 1 aromatic carbocycles. The van der Waals surface area contributed by atoms with Gasteiger partial charge in [0.15, 0.2) is 3.95 Å². The molecule has 1 heterocycles. The number of aliphatic hydroxyl groups is 1. The van der Waals surface area contributed by atoms with E-state index in [2.05, 4.69) is 4.98 Å². The van der Waals surface area contributed by atoms with Crippen molar-refractivity contribution in [1.82, 2.24) is 9.88 Å². The number of thiazole rings is 1. The second-order valence-corrected chi connectivity index (χ2v) is 6.95. The van der Waals surface area contributed by atoms with Crippen molar-refractivity contribution < 1.29 is 9.90 Å². The maximum Gasteiger partial charge on any atom is 0.228 e. The van der Waals surface area contributed by atoms with E-state index in [1.165, 1.54) is 11.3 Å². The van der Waals surface area contributed by atoms with Crippen molar-refractivity contribution in [3.05, 3.63) is 50.4 Å². The number of H-pyrrole nitrogens is 1. The van der Waals surface area contributed by atoms with E-state index in [0.29, 0.717) is 16.8 Å². The molecule has 0 aliphatic carbocycles. The molecule has 1 unspecified atom stereocenters. The molecule has 2 aromatic rings. The molecular weight excluding hydrogens is 316 g/mol. The van der Waals surface area contributed by atoms with Gasteiger partial charge in [0.1, 0.15) is 0 Å². The maximum atomic E-state index is 12.6. The summed E-state index contributed by atoms with van der Waals surface area (Å²) in [6, 6.07) is 9.67. The molecule has 1 atom stereocenters. The number of aromatic nitrogens is 1. The molecule has 4 nitrogen and oxygen atoms in total. The number of aromatic amines is 1. The highest BCUT2D eigenvalue weighted by Gasteiger charge is 2.22. The molecule has 2 N–H and O–H groups in total. The third kappa shape index (κ3) is 4.03. The first-order valence-corrected chi connectivity index (χ1v) is 8.35. The lowest BCUT2D eigenvalue weighted by Crippen LogP contribution is -2.33. The van der Waals surface area contributed by atoms with Gasteiger partial charge in [-0.2, -0.15) is 0 Å². The van der Waals surface area contributed by atoms with E-state index in [1.807, 2.05) is 37.3 Å². The Morgan fingerprint density at radius 2 is 2.09 bits per heavy atom. The molecule has 1 amide bonds. The average molecular weight is 336 g/mol. The van der Waals surface area contributed by atoms with Crippen LogP contribution in [0.1, 0.15) is 28.6 Å². The Bertz CT molecular complexity index is 679. The molecule has 1 aromatic heterocycles. The summed E-state index contributed by atoms with van der Waals surface area (Å²) in [5, 5.41) is 9.31. The minimum Gasteiger partial charge on any atom is -0.396 e. The summed E-state index contributed by atoms with van der Waals surface area (Å²) in [5.74, 6) is 0.0238. The van der Waals surface area contributed by atoms with Crippen LogP contribution in [0.4, 0.5) is 0 Å². The number of hydrogen-bond donors (Lipinski definition) is 2. The van der Waals surface area contributed by atoms with Crippen LogP contribution in [0.2, 0.25) is 0 Å². The fourth-order valence-corrected chi connectivity index (χ4v) is 3.71. The molecule has 0 spiro atoms. The van der Waals surface area contributed by atoms with Crippen LogP contribution >= 0.6 is 23.6 Å². The Balaban J connectivity index is 2.16. The molecule has 0 radical (unpaired) electrons. The standard InChI is InChI=1S/C16H20N2O2S2/c1-11-14(22-16(21)17-11)10-15(20)18(2)13(8-9-19)12-6-4-3-5-7-12/h3-7,13,19H,8-10H2,1-2H3,(H,17,21). The number of nitrogens with zero attached hydrogens (tertiary/aromatic N) is 1. The Hall–Kier alpha value is -1.50.